The van der Waals surface area contributed by atoms with Gasteiger partial charge in [0.2, 0.25) is 0 Å². The highest BCUT2D eigenvalue weighted by atomic mass is 35.5. The molecule has 1 aromatic carbocycles. The lowest BCUT2D eigenvalue weighted by Crippen LogP contribution is -2.30. The van der Waals surface area contributed by atoms with Gasteiger partial charge in [-0.1, -0.05) is 11.6 Å². The Morgan fingerprint density at radius 3 is 3.11 bits per heavy atom. The Bertz CT molecular complexity index is 440. The van der Waals surface area contributed by atoms with E-state index in [2.05, 4.69) is 24.4 Å². The van der Waals surface area contributed by atoms with Gasteiger partial charge < -0.3 is 10.1 Å². The molecule has 0 bridgehead atoms. The quantitative estimate of drug-likeness (QED) is 0.887. The van der Waals surface area contributed by atoms with Crippen LogP contribution >= 0.6 is 11.6 Å². The zero-order chi connectivity index (χ0) is 12.5. The van der Waals surface area contributed by atoms with Gasteiger partial charge in [0.05, 0.1) is 0 Å². The third kappa shape index (κ3) is 2.50. The van der Waals surface area contributed by atoms with E-state index in [4.69, 9.17) is 16.3 Å². The Morgan fingerprint density at radius 2 is 2.33 bits per heavy atom. The Labute approximate surface area is 114 Å². The van der Waals surface area contributed by atoms with Crippen molar-refractivity contribution >= 4 is 11.6 Å². The SMILES string of the molecule is CC1Cc2cc(Cl)cc(CC3CCCNC3)c2O1. The lowest BCUT2D eigenvalue weighted by Gasteiger charge is -2.23. The zero-order valence-electron chi connectivity index (χ0n) is 10.8. The minimum absolute atomic E-state index is 0.293. The number of hydrogen-bond donors (Lipinski definition) is 1. The molecule has 0 spiro atoms. The van der Waals surface area contributed by atoms with Crippen LogP contribution < -0.4 is 10.1 Å². The van der Waals surface area contributed by atoms with Gasteiger partial charge in [0.25, 0.3) is 0 Å². The highest BCUT2D eigenvalue weighted by Gasteiger charge is 2.24. The molecule has 18 heavy (non-hydrogen) atoms. The fourth-order valence-electron chi connectivity index (χ4n) is 3.13. The first-order valence-electron chi connectivity index (χ1n) is 6.91. The van der Waals surface area contributed by atoms with Crippen molar-refractivity contribution < 1.29 is 4.74 Å². The summed E-state index contributed by atoms with van der Waals surface area (Å²) in [7, 11) is 0. The number of fused-ring (bicyclic) bond motifs is 1. The number of hydrogen-bond acceptors (Lipinski definition) is 2. The van der Waals surface area contributed by atoms with Crippen LogP contribution in [0, 0.1) is 5.92 Å². The molecule has 2 nitrogen and oxygen atoms in total. The van der Waals surface area contributed by atoms with Crippen molar-refractivity contribution in [3.8, 4) is 5.75 Å². The lowest BCUT2D eigenvalue weighted by atomic mass is 9.91. The molecule has 1 aromatic rings. The fraction of sp³-hybridized carbons (Fsp3) is 0.600. The smallest absolute Gasteiger partial charge is 0.126 e. The van der Waals surface area contributed by atoms with Crippen molar-refractivity contribution in [1.29, 1.82) is 0 Å². The highest BCUT2D eigenvalue weighted by molar-refractivity contribution is 6.30. The summed E-state index contributed by atoms with van der Waals surface area (Å²) in [4.78, 5) is 0. The molecular formula is C15H20ClNO. The molecular weight excluding hydrogens is 246 g/mol. The zero-order valence-corrected chi connectivity index (χ0v) is 11.6. The molecule has 0 amide bonds. The Balaban J connectivity index is 1.83. The van der Waals surface area contributed by atoms with Crippen molar-refractivity contribution in [2.75, 3.05) is 13.1 Å². The fourth-order valence-corrected chi connectivity index (χ4v) is 3.39. The second-order valence-electron chi connectivity index (χ2n) is 5.60. The maximum atomic E-state index is 6.22. The minimum atomic E-state index is 0.293. The number of benzene rings is 1. The van der Waals surface area contributed by atoms with Crippen LogP contribution in [0.1, 0.15) is 30.9 Å². The second kappa shape index (κ2) is 5.10. The molecule has 3 rings (SSSR count). The maximum Gasteiger partial charge on any atom is 0.126 e. The van der Waals surface area contributed by atoms with Crippen LogP contribution in [0.2, 0.25) is 5.02 Å². The molecule has 2 aliphatic rings. The van der Waals surface area contributed by atoms with E-state index in [1.807, 2.05) is 0 Å². The molecule has 1 N–H and O–H groups in total. The van der Waals surface area contributed by atoms with Crippen LogP contribution in [0.5, 0.6) is 5.75 Å². The van der Waals surface area contributed by atoms with Crippen molar-refractivity contribution in [3.05, 3.63) is 28.3 Å². The summed E-state index contributed by atoms with van der Waals surface area (Å²) in [6.07, 6.45) is 4.96. The first-order chi connectivity index (χ1) is 8.72. The summed E-state index contributed by atoms with van der Waals surface area (Å²) in [6, 6.07) is 4.15. The van der Waals surface area contributed by atoms with Crippen LogP contribution in [-0.2, 0) is 12.8 Å². The van der Waals surface area contributed by atoms with Gasteiger partial charge in [0.1, 0.15) is 11.9 Å². The van der Waals surface area contributed by atoms with Gasteiger partial charge in [0.15, 0.2) is 0 Å². The third-order valence-corrected chi connectivity index (χ3v) is 4.16. The maximum absolute atomic E-state index is 6.22. The molecule has 0 aliphatic carbocycles. The van der Waals surface area contributed by atoms with Gasteiger partial charge in [-0.3, -0.25) is 0 Å². The van der Waals surface area contributed by atoms with E-state index in [9.17, 15) is 0 Å². The molecule has 1 fully saturated rings. The average molecular weight is 266 g/mol. The molecule has 0 radical (unpaired) electrons. The molecule has 3 heteroatoms. The van der Waals surface area contributed by atoms with Crippen LogP contribution in [0.15, 0.2) is 12.1 Å². The molecule has 2 atom stereocenters. The molecule has 2 aliphatic heterocycles. The summed E-state index contributed by atoms with van der Waals surface area (Å²) in [5.41, 5.74) is 2.59. The van der Waals surface area contributed by atoms with E-state index in [-0.39, 0.29) is 0 Å². The van der Waals surface area contributed by atoms with E-state index >= 15 is 0 Å². The monoisotopic (exact) mass is 265 g/mol. The number of halogens is 1. The van der Waals surface area contributed by atoms with Crippen LogP contribution in [0.3, 0.4) is 0 Å². The topological polar surface area (TPSA) is 21.3 Å². The van der Waals surface area contributed by atoms with Crippen LogP contribution in [-0.4, -0.2) is 19.2 Å². The first kappa shape index (κ1) is 12.3. The standard InChI is InChI=1S/C15H20ClNO/c1-10-5-12-7-14(16)8-13(15(12)18-10)6-11-3-2-4-17-9-11/h7-8,10-11,17H,2-6,9H2,1H3. The average Bonchev–Trinajstić information content (AvgIpc) is 2.71. The summed E-state index contributed by atoms with van der Waals surface area (Å²) in [5.74, 6) is 1.83. The number of rotatable bonds is 2. The van der Waals surface area contributed by atoms with Crippen molar-refractivity contribution in [1.82, 2.24) is 5.32 Å². The first-order valence-corrected chi connectivity index (χ1v) is 7.29. The van der Waals surface area contributed by atoms with Crippen molar-refractivity contribution in [3.63, 3.8) is 0 Å². The molecule has 2 unspecified atom stereocenters. The second-order valence-corrected chi connectivity index (χ2v) is 6.04. The van der Waals surface area contributed by atoms with Gasteiger partial charge >= 0.3 is 0 Å². The molecule has 1 saturated heterocycles. The summed E-state index contributed by atoms with van der Waals surface area (Å²) in [6.45, 7) is 4.41. The summed E-state index contributed by atoms with van der Waals surface area (Å²) < 4.78 is 5.96. The third-order valence-electron chi connectivity index (χ3n) is 3.94. The Morgan fingerprint density at radius 1 is 1.44 bits per heavy atom. The Hall–Kier alpha value is -0.730. The van der Waals surface area contributed by atoms with Gasteiger partial charge in [-0.05, 0) is 68.5 Å². The van der Waals surface area contributed by atoms with Gasteiger partial charge in [-0.2, -0.15) is 0 Å². The van der Waals surface area contributed by atoms with E-state index in [0.29, 0.717) is 6.10 Å². The van der Waals surface area contributed by atoms with E-state index in [1.54, 1.807) is 0 Å². The predicted molar refractivity (Wildman–Crippen MR) is 74.5 cm³/mol. The number of piperidine rings is 1. The van der Waals surface area contributed by atoms with Crippen molar-refractivity contribution in [2.45, 2.75) is 38.7 Å². The highest BCUT2D eigenvalue weighted by Crippen LogP contribution is 2.37. The van der Waals surface area contributed by atoms with E-state index in [1.165, 1.54) is 24.0 Å². The van der Waals surface area contributed by atoms with E-state index < -0.39 is 0 Å². The largest absolute Gasteiger partial charge is 0.490 e. The Kier molecular flexibility index (Phi) is 3.49. The van der Waals surface area contributed by atoms with Gasteiger partial charge in [-0.25, -0.2) is 0 Å². The lowest BCUT2D eigenvalue weighted by molar-refractivity contribution is 0.250. The summed E-state index contributed by atoms with van der Waals surface area (Å²) >= 11 is 6.22. The van der Waals surface area contributed by atoms with Gasteiger partial charge in [0, 0.05) is 11.4 Å². The summed E-state index contributed by atoms with van der Waals surface area (Å²) in [5, 5.41) is 4.32. The van der Waals surface area contributed by atoms with Gasteiger partial charge in [-0.15, -0.1) is 0 Å². The van der Waals surface area contributed by atoms with Crippen molar-refractivity contribution in [2.24, 2.45) is 5.92 Å². The molecule has 2 heterocycles. The van der Waals surface area contributed by atoms with Crippen LogP contribution in [0.25, 0.3) is 0 Å². The number of nitrogens with one attached hydrogen (secondary N) is 1. The van der Waals surface area contributed by atoms with Crippen LogP contribution in [0.4, 0.5) is 0 Å². The molecule has 0 aromatic heterocycles. The van der Waals surface area contributed by atoms with E-state index in [0.717, 1.165) is 42.6 Å². The molecule has 0 saturated carbocycles. The number of ether oxygens (including phenoxy) is 1. The molecule has 98 valence electrons. The normalized spacial score (nSPS) is 26.8. The predicted octanol–water partition coefficient (Wildman–Crippen LogP) is 3.21. The minimum Gasteiger partial charge on any atom is -0.490 e.